The van der Waals surface area contributed by atoms with Crippen LogP contribution in [0.2, 0.25) is 0 Å². The van der Waals surface area contributed by atoms with Crippen LogP contribution in [-0.2, 0) is 17.9 Å². The van der Waals surface area contributed by atoms with Gasteiger partial charge in [-0.05, 0) is 62.7 Å². The predicted molar refractivity (Wildman–Crippen MR) is 141 cm³/mol. The lowest BCUT2D eigenvalue weighted by atomic mass is 10.2. The highest BCUT2D eigenvalue weighted by molar-refractivity contribution is 5.94. The van der Waals surface area contributed by atoms with Crippen molar-refractivity contribution < 1.29 is 14.3 Å². The van der Waals surface area contributed by atoms with Crippen LogP contribution in [0.3, 0.4) is 0 Å². The number of para-hydroxylation sites is 3. The number of hydrogen-bond acceptors (Lipinski definition) is 4. The number of aromatic nitrogens is 2. The van der Waals surface area contributed by atoms with E-state index in [2.05, 4.69) is 0 Å². The number of hydrogen-bond donors (Lipinski definition) is 0. The van der Waals surface area contributed by atoms with E-state index in [9.17, 15) is 4.79 Å². The van der Waals surface area contributed by atoms with Gasteiger partial charge in [0, 0.05) is 11.7 Å². The third-order valence-corrected chi connectivity index (χ3v) is 5.75. The Bertz CT molecular complexity index is 1330. The highest BCUT2D eigenvalue weighted by atomic mass is 16.5. The monoisotopic (exact) mass is 469 g/mol. The molecule has 0 spiro atoms. The number of ether oxygens (including phenoxy) is 2. The predicted octanol–water partition coefficient (Wildman–Crippen LogP) is 6.10. The van der Waals surface area contributed by atoms with Crippen LogP contribution in [0.1, 0.15) is 32.2 Å². The maximum Gasteiger partial charge on any atom is 0.247 e. The fourth-order valence-corrected chi connectivity index (χ4v) is 4.18. The highest BCUT2D eigenvalue weighted by Crippen LogP contribution is 2.30. The number of carbonyl (C=O) groups excluding carboxylic acids is 1. The molecule has 0 radical (unpaired) electrons. The molecule has 0 saturated carbocycles. The molecule has 4 aromatic rings. The molecular weight excluding hydrogens is 438 g/mol. The first-order valence-corrected chi connectivity index (χ1v) is 11.8. The standard InChI is InChI=1S/C29H31N3O3/c1-5-11-22-16-17-26(27(18-22)34-4)35-20-28-30-24-14-9-10-15-25(24)31(28)19-29(33)32(21(2)3)23-12-7-6-8-13-23/h5-18,21H,19-20H2,1-4H3/b11-5-. The lowest BCUT2D eigenvalue weighted by Gasteiger charge is -2.27. The first-order valence-electron chi connectivity index (χ1n) is 11.8. The zero-order valence-corrected chi connectivity index (χ0v) is 20.6. The second-order valence-corrected chi connectivity index (χ2v) is 8.49. The molecule has 0 aliphatic rings. The molecule has 1 amide bonds. The average molecular weight is 470 g/mol. The minimum Gasteiger partial charge on any atom is -0.493 e. The Labute approximate surface area is 206 Å². The van der Waals surface area contributed by atoms with E-state index in [0.29, 0.717) is 17.3 Å². The van der Waals surface area contributed by atoms with E-state index in [1.807, 2.05) is 115 Å². The molecular formula is C29H31N3O3. The van der Waals surface area contributed by atoms with E-state index in [1.165, 1.54) is 0 Å². The average Bonchev–Trinajstić information content (AvgIpc) is 3.21. The van der Waals surface area contributed by atoms with Crippen molar-refractivity contribution in [3.8, 4) is 11.5 Å². The summed E-state index contributed by atoms with van der Waals surface area (Å²) in [7, 11) is 1.62. The van der Waals surface area contributed by atoms with Crippen LogP contribution in [0.25, 0.3) is 17.1 Å². The summed E-state index contributed by atoms with van der Waals surface area (Å²) in [5.74, 6) is 1.94. The summed E-state index contributed by atoms with van der Waals surface area (Å²) >= 11 is 0. The Morgan fingerprint density at radius 2 is 1.77 bits per heavy atom. The van der Waals surface area contributed by atoms with Crippen LogP contribution in [0.5, 0.6) is 11.5 Å². The summed E-state index contributed by atoms with van der Waals surface area (Å²) in [5.41, 5.74) is 3.63. The first-order chi connectivity index (χ1) is 17.0. The van der Waals surface area contributed by atoms with Crippen LogP contribution in [0.15, 0.2) is 78.9 Å². The zero-order valence-electron chi connectivity index (χ0n) is 20.6. The summed E-state index contributed by atoms with van der Waals surface area (Å²) in [6, 6.07) is 23.4. The molecule has 0 bridgehead atoms. The number of benzene rings is 3. The van der Waals surface area contributed by atoms with Crippen molar-refractivity contribution in [2.75, 3.05) is 12.0 Å². The van der Waals surface area contributed by atoms with Gasteiger partial charge in [-0.15, -0.1) is 0 Å². The lowest BCUT2D eigenvalue weighted by molar-refractivity contribution is -0.119. The summed E-state index contributed by atoms with van der Waals surface area (Å²) in [5, 5.41) is 0. The number of methoxy groups -OCH3 is 1. The molecule has 0 unspecified atom stereocenters. The third kappa shape index (κ3) is 5.38. The fourth-order valence-electron chi connectivity index (χ4n) is 4.18. The Kier molecular flexibility index (Phi) is 7.51. The second kappa shape index (κ2) is 10.9. The minimum absolute atomic E-state index is 0.0103. The number of fused-ring (bicyclic) bond motifs is 1. The lowest BCUT2D eigenvalue weighted by Crippen LogP contribution is -2.39. The number of nitrogens with zero attached hydrogens (tertiary/aromatic N) is 3. The molecule has 0 fully saturated rings. The molecule has 4 rings (SSSR count). The number of carbonyl (C=O) groups is 1. The molecule has 0 aliphatic heterocycles. The van der Waals surface area contributed by atoms with Crippen LogP contribution in [-0.4, -0.2) is 28.6 Å². The van der Waals surface area contributed by atoms with Crippen molar-refractivity contribution in [3.05, 3.63) is 90.3 Å². The van der Waals surface area contributed by atoms with Gasteiger partial charge in [0.25, 0.3) is 0 Å². The van der Waals surface area contributed by atoms with Gasteiger partial charge in [-0.25, -0.2) is 4.98 Å². The van der Waals surface area contributed by atoms with Crippen molar-refractivity contribution in [1.82, 2.24) is 9.55 Å². The topological polar surface area (TPSA) is 56.6 Å². The Hall–Kier alpha value is -4.06. The summed E-state index contributed by atoms with van der Waals surface area (Å²) in [6.07, 6.45) is 3.98. The van der Waals surface area contributed by atoms with E-state index in [0.717, 1.165) is 22.3 Å². The van der Waals surface area contributed by atoms with Crippen LogP contribution in [0, 0.1) is 0 Å². The smallest absolute Gasteiger partial charge is 0.247 e. The number of amides is 1. The van der Waals surface area contributed by atoms with Gasteiger partial charge >= 0.3 is 0 Å². The summed E-state index contributed by atoms with van der Waals surface area (Å²) in [6.45, 7) is 6.37. The number of allylic oxidation sites excluding steroid dienone is 1. The maximum absolute atomic E-state index is 13.5. The minimum atomic E-state index is -0.0103. The molecule has 0 saturated heterocycles. The van der Waals surface area contributed by atoms with E-state index < -0.39 is 0 Å². The molecule has 0 aliphatic carbocycles. The number of imidazole rings is 1. The molecule has 3 aromatic carbocycles. The van der Waals surface area contributed by atoms with E-state index in [4.69, 9.17) is 14.5 Å². The SMILES string of the molecule is C/C=C\c1ccc(OCc2nc3ccccc3n2CC(=O)N(c2ccccc2)C(C)C)c(OC)c1. The molecule has 1 aromatic heterocycles. The second-order valence-electron chi connectivity index (χ2n) is 8.49. The van der Waals surface area contributed by atoms with Gasteiger partial charge in [0.15, 0.2) is 11.5 Å². The molecule has 0 atom stereocenters. The first kappa shape index (κ1) is 24.1. The van der Waals surface area contributed by atoms with Crippen molar-refractivity contribution in [2.45, 2.75) is 40.0 Å². The normalized spacial score (nSPS) is 11.3. The third-order valence-electron chi connectivity index (χ3n) is 5.75. The largest absolute Gasteiger partial charge is 0.493 e. The van der Waals surface area contributed by atoms with Crippen molar-refractivity contribution in [2.24, 2.45) is 0 Å². The summed E-state index contributed by atoms with van der Waals surface area (Å²) < 4.78 is 13.6. The number of anilines is 1. The van der Waals surface area contributed by atoms with Gasteiger partial charge in [0.1, 0.15) is 19.0 Å². The highest BCUT2D eigenvalue weighted by Gasteiger charge is 2.22. The van der Waals surface area contributed by atoms with E-state index >= 15 is 0 Å². The van der Waals surface area contributed by atoms with Crippen LogP contribution < -0.4 is 14.4 Å². The Morgan fingerprint density at radius 1 is 1.03 bits per heavy atom. The molecule has 35 heavy (non-hydrogen) atoms. The molecule has 180 valence electrons. The zero-order chi connectivity index (χ0) is 24.8. The summed E-state index contributed by atoms with van der Waals surface area (Å²) in [4.78, 5) is 20.1. The van der Waals surface area contributed by atoms with Gasteiger partial charge < -0.3 is 18.9 Å². The Balaban J connectivity index is 1.63. The van der Waals surface area contributed by atoms with Gasteiger partial charge in [-0.3, -0.25) is 4.79 Å². The van der Waals surface area contributed by atoms with Gasteiger partial charge in [0.05, 0.1) is 18.1 Å². The van der Waals surface area contributed by atoms with Crippen molar-refractivity contribution in [3.63, 3.8) is 0 Å². The quantitative estimate of drug-likeness (QED) is 0.297. The fraction of sp³-hybridized carbons (Fsp3) is 0.241. The molecule has 6 nitrogen and oxygen atoms in total. The van der Waals surface area contributed by atoms with Gasteiger partial charge in [-0.2, -0.15) is 0 Å². The molecule has 1 heterocycles. The van der Waals surface area contributed by atoms with E-state index in [-0.39, 0.29) is 25.1 Å². The Morgan fingerprint density at radius 3 is 2.49 bits per heavy atom. The van der Waals surface area contributed by atoms with Gasteiger partial charge in [-0.1, -0.05) is 48.6 Å². The van der Waals surface area contributed by atoms with Gasteiger partial charge in [0.2, 0.25) is 5.91 Å². The van der Waals surface area contributed by atoms with Crippen molar-refractivity contribution in [1.29, 1.82) is 0 Å². The molecule has 6 heteroatoms. The van der Waals surface area contributed by atoms with E-state index in [1.54, 1.807) is 7.11 Å². The molecule has 0 N–H and O–H groups in total. The number of rotatable bonds is 9. The van der Waals surface area contributed by atoms with Crippen LogP contribution >= 0.6 is 0 Å². The maximum atomic E-state index is 13.5. The van der Waals surface area contributed by atoms with Crippen molar-refractivity contribution >= 4 is 28.7 Å². The van der Waals surface area contributed by atoms with Crippen LogP contribution in [0.4, 0.5) is 5.69 Å².